The van der Waals surface area contributed by atoms with Crippen molar-refractivity contribution in [2.75, 3.05) is 25.5 Å². The van der Waals surface area contributed by atoms with Gasteiger partial charge in [0.05, 0.1) is 0 Å². The maximum atomic E-state index is 12.4. The van der Waals surface area contributed by atoms with E-state index in [0.717, 1.165) is 5.69 Å². The summed E-state index contributed by atoms with van der Waals surface area (Å²) >= 11 is 0. The Bertz CT molecular complexity index is 622. The first kappa shape index (κ1) is 16.6. The van der Waals surface area contributed by atoms with Crippen molar-refractivity contribution in [3.05, 3.63) is 42.5 Å². The number of hydrogen-bond acceptors (Lipinski definition) is 2. The van der Waals surface area contributed by atoms with Gasteiger partial charge in [-0.25, -0.2) is 4.79 Å². The zero-order valence-electron chi connectivity index (χ0n) is 14.2. The van der Waals surface area contributed by atoms with Crippen molar-refractivity contribution in [1.82, 2.24) is 9.80 Å². The molecule has 3 rings (SSSR count). The third kappa shape index (κ3) is 3.30. The molecule has 1 aromatic carbocycles. The summed E-state index contributed by atoms with van der Waals surface area (Å²) < 4.78 is 0. The van der Waals surface area contributed by atoms with Crippen LogP contribution in [-0.2, 0) is 4.79 Å². The summed E-state index contributed by atoms with van der Waals surface area (Å²) in [6.45, 7) is 4.87. The second kappa shape index (κ2) is 7.07. The standard InChI is InChI=1S/C19H25N3O2/c1-3-12-22-13-11-17(18(22)23)21(2)19(24)20-16-9-7-15(8-10-16)14-5-4-6-14/h3,7-10,14,17H,1,4-6,11-13H2,2H3,(H,20,24). The minimum absolute atomic E-state index is 0.00659. The fourth-order valence-corrected chi connectivity index (χ4v) is 3.35. The lowest BCUT2D eigenvalue weighted by molar-refractivity contribution is -0.130. The fourth-order valence-electron chi connectivity index (χ4n) is 3.35. The molecule has 1 N–H and O–H groups in total. The van der Waals surface area contributed by atoms with Gasteiger partial charge in [0.15, 0.2) is 0 Å². The predicted octanol–water partition coefficient (Wildman–Crippen LogP) is 3.20. The molecule has 1 unspecified atom stereocenters. The number of benzene rings is 1. The third-order valence-electron chi connectivity index (χ3n) is 5.15. The van der Waals surface area contributed by atoms with E-state index in [2.05, 4.69) is 24.0 Å². The van der Waals surface area contributed by atoms with Gasteiger partial charge in [-0.1, -0.05) is 24.6 Å². The number of nitrogens with one attached hydrogen (secondary N) is 1. The first-order valence-corrected chi connectivity index (χ1v) is 8.63. The van der Waals surface area contributed by atoms with Crippen molar-refractivity contribution >= 4 is 17.6 Å². The summed E-state index contributed by atoms with van der Waals surface area (Å²) in [4.78, 5) is 28.0. The largest absolute Gasteiger partial charge is 0.337 e. The lowest BCUT2D eigenvalue weighted by Crippen LogP contribution is -2.44. The quantitative estimate of drug-likeness (QED) is 0.844. The summed E-state index contributed by atoms with van der Waals surface area (Å²) in [5.41, 5.74) is 2.11. The number of carbonyl (C=O) groups excluding carboxylic acids is 2. The molecule has 1 saturated heterocycles. The summed E-state index contributed by atoms with van der Waals surface area (Å²) in [7, 11) is 1.68. The molecule has 1 aliphatic carbocycles. The van der Waals surface area contributed by atoms with Crippen molar-refractivity contribution in [1.29, 1.82) is 0 Å². The highest BCUT2D eigenvalue weighted by Crippen LogP contribution is 2.36. The van der Waals surface area contributed by atoms with Crippen LogP contribution in [0.2, 0.25) is 0 Å². The van der Waals surface area contributed by atoms with Gasteiger partial charge in [-0.3, -0.25) is 4.79 Å². The molecule has 0 spiro atoms. The van der Waals surface area contributed by atoms with Gasteiger partial charge >= 0.3 is 6.03 Å². The topological polar surface area (TPSA) is 52.6 Å². The van der Waals surface area contributed by atoms with Crippen LogP contribution in [0, 0.1) is 0 Å². The smallest absolute Gasteiger partial charge is 0.322 e. The van der Waals surface area contributed by atoms with Crippen LogP contribution in [0.15, 0.2) is 36.9 Å². The van der Waals surface area contributed by atoms with Crippen LogP contribution in [0.4, 0.5) is 10.5 Å². The Balaban J connectivity index is 1.58. The molecule has 0 aromatic heterocycles. The van der Waals surface area contributed by atoms with Crippen molar-refractivity contribution in [2.45, 2.75) is 37.6 Å². The highest BCUT2D eigenvalue weighted by Gasteiger charge is 2.35. The Morgan fingerprint density at radius 3 is 2.62 bits per heavy atom. The van der Waals surface area contributed by atoms with Crippen LogP contribution in [0.25, 0.3) is 0 Å². The Labute approximate surface area is 143 Å². The minimum Gasteiger partial charge on any atom is -0.337 e. The zero-order chi connectivity index (χ0) is 17.1. The lowest BCUT2D eigenvalue weighted by atomic mass is 9.80. The summed E-state index contributed by atoms with van der Waals surface area (Å²) in [6.07, 6.45) is 6.21. The average Bonchev–Trinajstić information content (AvgIpc) is 2.88. The lowest BCUT2D eigenvalue weighted by Gasteiger charge is -2.26. The van der Waals surface area contributed by atoms with Crippen LogP contribution in [0.3, 0.4) is 0 Å². The molecule has 0 bridgehead atoms. The van der Waals surface area contributed by atoms with Gasteiger partial charge in [-0.05, 0) is 42.9 Å². The summed E-state index contributed by atoms with van der Waals surface area (Å²) in [6, 6.07) is 7.43. The minimum atomic E-state index is -0.390. The molecular formula is C19H25N3O2. The Morgan fingerprint density at radius 2 is 2.04 bits per heavy atom. The molecule has 1 aliphatic heterocycles. The van der Waals surface area contributed by atoms with E-state index >= 15 is 0 Å². The van der Waals surface area contributed by atoms with E-state index in [0.29, 0.717) is 25.4 Å². The first-order valence-electron chi connectivity index (χ1n) is 8.63. The molecule has 1 heterocycles. The molecule has 1 saturated carbocycles. The molecule has 5 heteroatoms. The van der Waals surface area contributed by atoms with Crippen molar-refractivity contribution in [3.8, 4) is 0 Å². The van der Waals surface area contributed by atoms with Gasteiger partial charge in [-0.15, -0.1) is 6.58 Å². The van der Waals surface area contributed by atoms with E-state index in [-0.39, 0.29) is 18.0 Å². The second-order valence-electron chi connectivity index (χ2n) is 6.67. The first-order chi connectivity index (χ1) is 11.6. The number of carbonyl (C=O) groups is 2. The molecule has 2 aliphatic rings. The number of nitrogens with zero attached hydrogens (tertiary/aromatic N) is 2. The second-order valence-corrected chi connectivity index (χ2v) is 6.67. The van der Waals surface area contributed by atoms with E-state index in [1.54, 1.807) is 18.0 Å². The number of likely N-dealkylation sites (tertiary alicyclic amines) is 1. The number of likely N-dealkylation sites (N-methyl/N-ethyl adjacent to an activating group) is 1. The predicted molar refractivity (Wildman–Crippen MR) is 95.0 cm³/mol. The van der Waals surface area contributed by atoms with E-state index in [9.17, 15) is 9.59 Å². The maximum Gasteiger partial charge on any atom is 0.322 e. The molecule has 0 radical (unpaired) electrons. The third-order valence-corrected chi connectivity index (χ3v) is 5.15. The Hall–Kier alpha value is -2.30. The van der Waals surface area contributed by atoms with Gasteiger partial charge in [0.1, 0.15) is 6.04 Å². The molecule has 128 valence electrons. The molecular weight excluding hydrogens is 302 g/mol. The molecule has 5 nitrogen and oxygen atoms in total. The van der Waals surface area contributed by atoms with Gasteiger partial charge in [0.25, 0.3) is 0 Å². The fraction of sp³-hybridized carbons (Fsp3) is 0.474. The van der Waals surface area contributed by atoms with Crippen molar-refractivity contribution in [2.24, 2.45) is 0 Å². The average molecular weight is 327 g/mol. The van der Waals surface area contributed by atoms with E-state index < -0.39 is 0 Å². The van der Waals surface area contributed by atoms with Crippen LogP contribution in [0.5, 0.6) is 0 Å². The number of anilines is 1. The van der Waals surface area contributed by atoms with E-state index in [1.165, 1.54) is 29.7 Å². The zero-order valence-corrected chi connectivity index (χ0v) is 14.2. The normalized spacial score (nSPS) is 20.6. The van der Waals surface area contributed by atoms with Crippen molar-refractivity contribution < 1.29 is 9.59 Å². The van der Waals surface area contributed by atoms with Gasteiger partial charge in [0, 0.05) is 25.8 Å². The van der Waals surface area contributed by atoms with E-state index in [4.69, 9.17) is 0 Å². The number of amides is 3. The SMILES string of the molecule is C=CCN1CCC(N(C)C(=O)Nc2ccc(C3CCC3)cc2)C1=O. The van der Waals surface area contributed by atoms with Gasteiger partial charge < -0.3 is 15.1 Å². The molecule has 2 fully saturated rings. The maximum absolute atomic E-state index is 12.4. The van der Waals surface area contributed by atoms with Gasteiger partial charge in [-0.2, -0.15) is 0 Å². The highest BCUT2D eigenvalue weighted by atomic mass is 16.2. The number of hydrogen-bond donors (Lipinski definition) is 1. The molecule has 1 atom stereocenters. The van der Waals surface area contributed by atoms with Crippen LogP contribution in [-0.4, -0.2) is 47.9 Å². The summed E-state index contributed by atoms with van der Waals surface area (Å²) in [5.74, 6) is 0.678. The highest BCUT2D eigenvalue weighted by molar-refractivity contribution is 5.94. The van der Waals surface area contributed by atoms with Gasteiger partial charge in [0.2, 0.25) is 5.91 Å². The van der Waals surface area contributed by atoms with Crippen LogP contribution < -0.4 is 5.32 Å². The summed E-state index contributed by atoms with van der Waals surface area (Å²) in [5, 5.41) is 2.88. The Morgan fingerprint density at radius 1 is 1.33 bits per heavy atom. The molecule has 3 amide bonds. The molecule has 1 aromatic rings. The van der Waals surface area contributed by atoms with Crippen LogP contribution in [0.1, 0.15) is 37.2 Å². The number of rotatable bonds is 5. The molecule has 24 heavy (non-hydrogen) atoms. The monoisotopic (exact) mass is 327 g/mol. The van der Waals surface area contributed by atoms with Crippen LogP contribution >= 0.6 is 0 Å². The Kier molecular flexibility index (Phi) is 4.88. The number of urea groups is 1. The van der Waals surface area contributed by atoms with Crippen molar-refractivity contribution in [3.63, 3.8) is 0 Å². The van der Waals surface area contributed by atoms with E-state index in [1.807, 2.05) is 12.1 Å².